The molecule has 1 aromatic heterocycles. The lowest BCUT2D eigenvalue weighted by atomic mass is 10.2. The molecule has 1 saturated heterocycles. The Kier molecular flexibility index (Phi) is 5.30. The Morgan fingerprint density at radius 1 is 1.48 bits per heavy atom. The number of aromatic nitrogens is 1. The molecule has 1 aliphatic heterocycles. The van der Waals surface area contributed by atoms with Crippen LogP contribution in [-0.2, 0) is 9.53 Å². The number of nitrogens with one attached hydrogen (secondary N) is 1. The summed E-state index contributed by atoms with van der Waals surface area (Å²) in [6.45, 7) is 6.88. The van der Waals surface area contributed by atoms with Gasteiger partial charge in [-0.25, -0.2) is 14.2 Å². The van der Waals surface area contributed by atoms with Gasteiger partial charge in [-0.1, -0.05) is 0 Å². The first-order valence-corrected chi connectivity index (χ1v) is 8.75. The summed E-state index contributed by atoms with van der Waals surface area (Å²) < 4.78 is 19.6. The fourth-order valence-corrected chi connectivity index (χ4v) is 3.42. The van der Waals surface area contributed by atoms with Crippen LogP contribution in [0.2, 0.25) is 0 Å². The fraction of sp³-hybridized carbons (Fsp3) is 0.643. The van der Waals surface area contributed by atoms with Gasteiger partial charge >= 0.3 is 6.09 Å². The molecule has 0 radical (unpaired) electrons. The van der Waals surface area contributed by atoms with E-state index in [4.69, 9.17) is 4.74 Å². The molecule has 1 aliphatic rings. The molecule has 2 amide bonds. The standard InChI is InChI=1S/C14H19BrFN3O3S/c1-7-10(15)17-12(23-7)18-11(20)9-5-8(16)6-19(9)13(21)22-14(2,3)4/h8-9H,5-6H2,1-4H3,(H,17,18,20)/t8-,9+/m1/s1. The van der Waals surface area contributed by atoms with Crippen LogP contribution in [0.25, 0.3) is 0 Å². The van der Waals surface area contributed by atoms with Crippen molar-refractivity contribution in [3.63, 3.8) is 0 Å². The van der Waals surface area contributed by atoms with Crippen LogP contribution in [0.5, 0.6) is 0 Å². The number of thiazole rings is 1. The Morgan fingerprint density at radius 2 is 2.13 bits per heavy atom. The first-order chi connectivity index (χ1) is 10.6. The van der Waals surface area contributed by atoms with E-state index in [9.17, 15) is 14.0 Å². The monoisotopic (exact) mass is 407 g/mol. The lowest BCUT2D eigenvalue weighted by molar-refractivity contribution is -0.120. The predicted molar refractivity (Wildman–Crippen MR) is 89.4 cm³/mol. The van der Waals surface area contributed by atoms with Crippen molar-refractivity contribution < 1.29 is 18.7 Å². The molecule has 0 spiro atoms. The number of hydrogen-bond acceptors (Lipinski definition) is 5. The fourth-order valence-electron chi connectivity index (χ4n) is 2.18. The van der Waals surface area contributed by atoms with Crippen LogP contribution >= 0.6 is 27.3 Å². The Bertz CT molecular complexity index is 597. The zero-order valence-electron chi connectivity index (χ0n) is 13.4. The number of alkyl halides is 1. The minimum absolute atomic E-state index is 0.0450. The molecule has 6 nitrogen and oxygen atoms in total. The van der Waals surface area contributed by atoms with E-state index < -0.39 is 29.8 Å². The van der Waals surface area contributed by atoms with Gasteiger partial charge in [0.05, 0.1) is 6.54 Å². The second-order valence-electron chi connectivity index (χ2n) is 6.34. The largest absolute Gasteiger partial charge is 0.444 e. The third kappa shape index (κ3) is 4.63. The number of halogens is 2. The molecule has 1 aromatic rings. The van der Waals surface area contributed by atoms with Crippen LogP contribution in [0, 0.1) is 6.92 Å². The number of aryl methyl sites for hydroxylation is 1. The van der Waals surface area contributed by atoms with Crippen LogP contribution in [-0.4, -0.2) is 46.2 Å². The van der Waals surface area contributed by atoms with Gasteiger partial charge in [-0.05, 0) is 43.6 Å². The highest BCUT2D eigenvalue weighted by Crippen LogP contribution is 2.28. The Hall–Kier alpha value is -1.22. The van der Waals surface area contributed by atoms with Gasteiger partial charge in [-0.15, -0.1) is 11.3 Å². The molecule has 0 aromatic carbocycles. The summed E-state index contributed by atoms with van der Waals surface area (Å²) in [6.07, 6.45) is -1.98. The maximum absolute atomic E-state index is 13.7. The quantitative estimate of drug-likeness (QED) is 0.813. The van der Waals surface area contributed by atoms with E-state index in [0.29, 0.717) is 9.73 Å². The lowest BCUT2D eigenvalue weighted by Gasteiger charge is -2.27. The zero-order valence-corrected chi connectivity index (χ0v) is 15.8. The third-order valence-corrected chi connectivity index (χ3v) is 5.07. The van der Waals surface area contributed by atoms with Crippen molar-refractivity contribution in [1.29, 1.82) is 0 Å². The second kappa shape index (κ2) is 6.72. The van der Waals surface area contributed by atoms with E-state index in [2.05, 4.69) is 26.2 Å². The van der Waals surface area contributed by atoms with Gasteiger partial charge in [0.2, 0.25) is 5.91 Å². The number of hydrogen-bond donors (Lipinski definition) is 1. The van der Waals surface area contributed by atoms with Crippen LogP contribution in [0.3, 0.4) is 0 Å². The van der Waals surface area contributed by atoms with Crippen LogP contribution < -0.4 is 5.32 Å². The molecular formula is C14H19BrFN3O3S. The van der Waals surface area contributed by atoms with Gasteiger partial charge in [0.15, 0.2) is 5.13 Å². The Balaban J connectivity index is 2.09. The summed E-state index contributed by atoms with van der Waals surface area (Å²) in [5, 5.41) is 3.04. The minimum Gasteiger partial charge on any atom is -0.444 e. The van der Waals surface area contributed by atoms with Crippen molar-refractivity contribution in [3.8, 4) is 0 Å². The van der Waals surface area contributed by atoms with Crippen molar-refractivity contribution in [1.82, 2.24) is 9.88 Å². The number of carbonyl (C=O) groups is 2. The molecule has 0 bridgehead atoms. The number of ether oxygens (including phenoxy) is 1. The molecule has 0 aliphatic carbocycles. The van der Waals surface area contributed by atoms with Crippen LogP contribution in [0.1, 0.15) is 32.1 Å². The molecule has 128 valence electrons. The number of likely N-dealkylation sites (tertiary alicyclic amines) is 1. The molecule has 2 heterocycles. The maximum Gasteiger partial charge on any atom is 0.411 e. The molecule has 9 heteroatoms. The highest BCUT2D eigenvalue weighted by molar-refractivity contribution is 9.10. The molecule has 1 fully saturated rings. The molecule has 0 saturated carbocycles. The average Bonchev–Trinajstić information content (AvgIpc) is 2.91. The van der Waals surface area contributed by atoms with Gasteiger partial charge in [-0.2, -0.15) is 0 Å². The second-order valence-corrected chi connectivity index (χ2v) is 8.29. The van der Waals surface area contributed by atoms with Crippen molar-refractivity contribution in [3.05, 3.63) is 9.48 Å². The van der Waals surface area contributed by atoms with Crippen molar-refractivity contribution >= 4 is 44.4 Å². The molecule has 23 heavy (non-hydrogen) atoms. The van der Waals surface area contributed by atoms with Crippen LogP contribution in [0.15, 0.2) is 4.60 Å². The van der Waals surface area contributed by atoms with Crippen LogP contribution in [0.4, 0.5) is 14.3 Å². The highest BCUT2D eigenvalue weighted by Gasteiger charge is 2.41. The lowest BCUT2D eigenvalue weighted by Crippen LogP contribution is -2.45. The van der Waals surface area contributed by atoms with Gasteiger partial charge < -0.3 is 10.1 Å². The number of rotatable bonds is 2. The molecule has 0 unspecified atom stereocenters. The zero-order chi connectivity index (χ0) is 17.4. The van der Waals surface area contributed by atoms with E-state index in [1.807, 2.05) is 6.92 Å². The first kappa shape index (κ1) is 18.1. The number of nitrogens with zero attached hydrogens (tertiary/aromatic N) is 2. The van der Waals surface area contributed by atoms with Crippen molar-refractivity contribution in [2.24, 2.45) is 0 Å². The Morgan fingerprint density at radius 3 is 2.65 bits per heavy atom. The molecule has 2 rings (SSSR count). The normalized spacial score (nSPS) is 21.4. The van der Waals surface area contributed by atoms with Gasteiger partial charge in [0.1, 0.15) is 22.4 Å². The number of anilines is 1. The van der Waals surface area contributed by atoms with Crippen molar-refractivity contribution in [2.45, 2.75) is 51.9 Å². The highest BCUT2D eigenvalue weighted by atomic mass is 79.9. The van der Waals surface area contributed by atoms with Gasteiger partial charge in [-0.3, -0.25) is 9.69 Å². The number of amides is 2. The third-order valence-electron chi connectivity index (χ3n) is 3.15. The summed E-state index contributed by atoms with van der Waals surface area (Å²) >= 11 is 4.57. The van der Waals surface area contributed by atoms with E-state index >= 15 is 0 Å². The summed E-state index contributed by atoms with van der Waals surface area (Å²) in [5.74, 6) is -0.461. The van der Waals surface area contributed by atoms with E-state index in [1.54, 1.807) is 20.8 Å². The molecule has 1 N–H and O–H groups in total. The van der Waals surface area contributed by atoms with E-state index in [-0.39, 0.29) is 13.0 Å². The first-order valence-electron chi connectivity index (χ1n) is 7.14. The van der Waals surface area contributed by atoms with Crippen molar-refractivity contribution in [2.75, 3.05) is 11.9 Å². The average molecular weight is 408 g/mol. The predicted octanol–water partition coefficient (Wildman–Crippen LogP) is 3.50. The summed E-state index contributed by atoms with van der Waals surface area (Å²) in [7, 11) is 0. The maximum atomic E-state index is 13.7. The smallest absolute Gasteiger partial charge is 0.411 e. The molecule has 2 atom stereocenters. The van der Waals surface area contributed by atoms with Gasteiger partial charge in [0.25, 0.3) is 0 Å². The Labute approximate surface area is 146 Å². The summed E-state index contributed by atoms with van der Waals surface area (Å²) in [4.78, 5) is 30.8. The van der Waals surface area contributed by atoms with E-state index in [0.717, 1.165) is 9.78 Å². The minimum atomic E-state index is -1.25. The molecular weight excluding hydrogens is 389 g/mol. The number of carbonyl (C=O) groups excluding carboxylic acids is 2. The topological polar surface area (TPSA) is 71.5 Å². The summed E-state index contributed by atoms with van der Waals surface area (Å²) in [5.41, 5.74) is -0.705. The summed E-state index contributed by atoms with van der Waals surface area (Å²) in [6, 6.07) is -0.900. The van der Waals surface area contributed by atoms with Gasteiger partial charge in [0, 0.05) is 11.3 Å². The van der Waals surface area contributed by atoms with E-state index in [1.165, 1.54) is 11.3 Å². The SMILES string of the molecule is Cc1sc(NC(=O)[C@@H]2C[C@@H](F)CN2C(=O)OC(C)(C)C)nc1Br.